The van der Waals surface area contributed by atoms with Gasteiger partial charge in [-0.1, -0.05) is 23.2 Å². The highest BCUT2D eigenvalue weighted by atomic mass is 79.9. The van der Waals surface area contributed by atoms with Crippen LogP contribution in [0.15, 0.2) is 28.1 Å². The zero-order valence-electron chi connectivity index (χ0n) is 10.1. The third-order valence-corrected chi connectivity index (χ3v) is 5.80. The second-order valence-corrected chi connectivity index (χ2v) is 7.98. The van der Waals surface area contributed by atoms with Crippen LogP contribution in [0, 0.1) is 0 Å². The number of aryl methyl sites for hydroxylation is 1. The second-order valence-electron chi connectivity index (χ2n) is 4.65. The Labute approximate surface area is 135 Å². The number of thiophene rings is 1. The Balaban J connectivity index is 1.86. The van der Waals surface area contributed by atoms with Crippen LogP contribution >= 0.6 is 50.5 Å². The largest absolute Gasteiger partial charge is 0.378 e. The standard InChI is InChI=1S/C14H12BrCl2NS/c15-14-7-9-12(2-1-3-13(9)19-14)18-8-4-5-10(16)11(17)6-8/h4-7,12,18H,1-3H2. The van der Waals surface area contributed by atoms with E-state index >= 15 is 0 Å². The molecule has 1 aliphatic rings. The molecule has 0 saturated heterocycles. The van der Waals surface area contributed by atoms with Crippen LogP contribution in [0.2, 0.25) is 10.0 Å². The Kier molecular flexibility index (Phi) is 4.08. The third-order valence-electron chi connectivity index (χ3n) is 3.34. The highest BCUT2D eigenvalue weighted by Crippen LogP contribution is 2.40. The molecule has 0 spiro atoms. The molecule has 1 atom stereocenters. The van der Waals surface area contributed by atoms with Crippen molar-refractivity contribution in [1.29, 1.82) is 0 Å². The summed E-state index contributed by atoms with van der Waals surface area (Å²) in [6, 6.07) is 8.29. The Hall–Kier alpha value is -0.220. The molecule has 1 aliphatic carbocycles. The summed E-state index contributed by atoms with van der Waals surface area (Å²) >= 11 is 17.4. The Morgan fingerprint density at radius 3 is 2.84 bits per heavy atom. The molecule has 1 N–H and O–H groups in total. The number of hydrogen-bond acceptors (Lipinski definition) is 2. The third kappa shape index (κ3) is 2.94. The summed E-state index contributed by atoms with van der Waals surface area (Å²) < 4.78 is 1.21. The van der Waals surface area contributed by atoms with E-state index in [0.717, 1.165) is 12.1 Å². The minimum Gasteiger partial charge on any atom is -0.378 e. The van der Waals surface area contributed by atoms with Crippen LogP contribution in [-0.4, -0.2) is 0 Å². The number of anilines is 1. The Morgan fingerprint density at radius 2 is 2.05 bits per heavy atom. The van der Waals surface area contributed by atoms with Gasteiger partial charge in [-0.3, -0.25) is 0 Å². The minimum atomic E-state index is 0.364. The zero-order chi connectivity index (χ0) is 13.4. The van der Waals surface area contributed by atoms with Gasteiger partial charge in [-0.05, 0) is 65.0 Å². The van der Waals surface area contributed by atoms with Gasteiger partial charge in [0.2, 0.25) is 0 Å². The fourth-order valence-electron chi connectivity index (χ4n) is 2.46. The summed E-state index contributed by atoms with van der Waals surface area (Å²) in [6.45, 7) is 0. The summed E-state index contributed by atoms with van der Waals surface area (Å²) in [5, 5.41) is 4.75. The lowest BCUT2D eigenvalue weighted by molar-refractivity contribution is 0.609. The normalized spacial score (nSPS) is 18.2. The van der Waals surface area contributed by atoms with E-state index in [4.69, 9.17) is 23.2 Å². The fourth-order valence-corrected chi connectivity index (χ4v) is 4.58. The van der Waals surface area contributed by atoms with E-state index in [1.54, 1.807) is 0 Å². The lowest BCUT2D eigenvalue weighted by Gasteiger charge is -2.24. The molecule has 1 aromatic carbocycles. The number of halogens is 3. The first kappa shape index (κ1) is 13.7. The zero-order valence-corrected chi connectivity index (χ0v) is 14.0. The molecule has 5 heteroatoms. The minimum absolute atomic E-state index is 0.364. The molecule has 3 rings (SSSR count). The number of fused-ring (bicyclic) bond motifs is 1. The van der Waals surface area contributed by atoms with Gasteiger partial charge >= 0.3 is 0 Å². The van der Waals surface area contributed by atoms with Crippen LogP contribution in [0.3, 0.4) is 0 Å². The van der Waals surface area contributed by atoms with Gasteiger partial charge in [-0.25, -0.2) is 0 Å². The molecule has 0 aliphatic heterocycles. The molecule has 0 amide bonds. The highest BCUT2D eigenvalue weighted by molar-refractivity contribution is 9.11. The maximum absolute atomic E-state index is 6.06. The molecule has 19 heavy (non-hydrogen) atoms. The predicted molar refractivity (Wildman–Crippen MR) is 87.8 cm³/mol. The first-order chi connectivity index (χ1) is 9.13. The number of rotatable bonds is 2. The smallest absolute Gasteiger partial charge is 0.0705 e. The van der Waals surface area contributed by atoms with Crippen molar-refractivity contribution in [1.82, 2.24) is 0 Å². The molecule has 100 valence electrons. The van der Waals surface area contributed by atoms with Crippen LogP contribution in [0.1, 0.15) is 29.3 Å². The van der Waals surface area contributed by atoms with E-state index in [1.807, 2.05) is 29.5 Å². The van der Waals surface area contributed by atoms with Gasteiger partial charge in [0, 0.05) is 10.6 Å². The average molecular weight is 377 g/mol. The molecule has 1 aromatic heterocycles. The number of benzene rings is 1. The fraction of sp³-hybridized carbons (Fsp3) is 0.286. The van der Waals surface area contributed by atoms with E-state index in [9.17, 15) is 0 Å². The maximum Gasteiger partial charge on any atom is 0.0705 e. The van der Waals surface area contributed by atoms with E-state index < -0.39 is 0 Å². The maximum atomic E-state index is 6.06. The van der Waals surface area contributed by atoms with Crippen molar-refractivity contribution in [3.8, 4) is 0 Å². The van der Waals surface area contributed by atoms with E-state index in [1.165, 1.54) is 27.1 Å². The summed E-state index contributed by atoms with van der Waals surface area (Å²) in [5.41, 5.74) is 2.43. The summed E-state index contributed by atoms with van der Waals surface area (Å²) in [6.07, 6.45) is 3.56. The van der Waals surface area contributed by atoms with Crippen molar-refractivity contribution >= 4 is 56.2 Å². The monoisotopic (exact) mass is 375 g/mol. The molecule has 0 radical (unpaired) electrons. The van der Waals surface area contributed by atoms with Crippen molar-refractivity contribution < 1.29 is 0 Å². The molecule has 1 nitrogen and oxygen atoms in total. The molecule has 1 heterocycles. The molecule has 0 saturated carbocycles. The molecule has 2 aromatic rings. The first-order valence-corrected chi connectivity index (χ1v) is 8.50. The van der Waals surface area contributed by atoms with Gasteiger partial charge in [0.05, 0.1) is 19.9 Å². The molecule has 1 unspecified atom stereocenters. The Morgan fingerprint density at radius 1 is 1.21 bits per heavy atom. The summed E-state index contributed by atoms with van der Waals surface area (Å²) in [5.74, 6) is 0. The first-order valence-electron chi connectivity index (χ1n) is 6.13. The van der Waals surface area contributed by atoms with Gasteiger partial charge in [-0.2, -0.15) is 0 Å². The van der Waals surface area contributed by atoms with E-state index in [2.05, 4.69) is 27.3 Å². The summed E-state index contributed by atoms with van der Waals surface area (Å²) in [7, 11) is 0. The van der Waals surface area contributed by atoms with Crippen molar-refractivity contribution in [2.45, 2.75) is 25.3 Å². The SMILES string of the molecule is Clc1ccc(NC2CCCc3sc(Br)cc32)cc1Cl. The Bertz CT molecular complexity index is 611. The highest BCUT2D eigenvalue weighted by Gasteiger charge is 2.22. The quantitative estimate of drug-likeness (QED) is 0.647. The van der Waals surface area contributed by atoms with Crippen molar-refractivity contribution in [2.75, 3.05) is 5.32 Å². The van der Waals surface area contributed by atoms with Crippen LogP contribution in [0.4, 0.5) is 5.69 Å². The van der Waals surface area contributed by atoms with Gasteiger partial charge in [0.15, 0.2) is 0 Å². The van der Waals surface area contributed by atoms with E-state index in [0.29, 0.717) is 16.1 Å². The van der Waals surface area contributed by atoms with Gasteiger partial charge < -0.3 is 5.32 Å². The summed E-state index contributed by atoms with van der Waals surface area (Å²) in [4.78, 5) is 1.48. The number of nitrogens with one attached hydrogen (secondary N) is 1. The van der Waals surface area contributed by atoms with Gasteiger partial charge in [0.25, 0.3) is 0 Å². The molecule has 0 bridgehead atoms. The second kappa shape index (κ2) is 5.65. The lowest BCUT2D eigenvalue weighted by atomic mass is 9.94. The topological polar surface area (TPSA) is 12.0 Å². The lowest BCUT2D eigenvalue weighted by Crippen LogP contribution is -2.15. The average Bonchev–Trinajstić information content (AvgIpc) is 2.75. The van der Waals surface area contributed by atoms with Crippen molar-refractivity contribution in [3.05, 3.63) is 48.5 Å². The van der Waals surface area contributed by atoms with Crippen molar-refractivity contribution in [2.24, 2.45) is 0 Å². The molecular weight excluding hydrogens is 365 g/mol. The number of hydrogen-bond donors (Lipinski definition) is 1. The molecular formula is C14H12BrCl2NS. The van der Waals surface area contributed by atoms with Crippen LogP contribution in [0.5, 0.6) is 0 Å². The predicted octanol–water partition coefficient (Wildman–Crippen LogP) is 6.31. The van der Waals surface area contributed by atoms with Gasteiger partial charge in [-0.15, -0.1) is 11.3 Å². The molecule has 0 fully saturated rings. The van der Waals surface area contributed by atoms with Crippen LogP contribution < -0.4 is 5.32 Å². The van der Waals surface area contributed by atoms with Crippen LogP contribution in [0.25, 0.3) is 0 Å². The van der Waals surface area contributed by atoms with Crippen LogP contribution in [-0.2, 0) is 6.42 Å². The van der Waals surface area contributed by atoms with E-state index in [-0.39, 0.29) is 0 Å². The van der Waals surface area contributed by atoms with Gasteiger partial charge in [0.1, 0.15) is 0 Å². The van der Waals surface area contributed by atoms with Crippen molar-refractivity contribution in [3.63, 3.8) is 0 Å².